The van der Waals surface area contributed by atoms with Gasteiger partial charge in [0.1, 0.15) is 0 Å². The molecule has 0 fully saturated rings. The molecule has 0 aliphatic carbocycles. The van der Waals surface area contributed by atoms with E-state index >= 15 is 0 Å². The maximum atomic E-state index is 11.5. The Morgan fingerprint density at radius 1 is 0.941 bits per heavy atom. The summed E-state index contributed by atoms with van der Waals surface area (Å²) in [6.45, 7) is 10.4. The minimum absolute atomic E-state index is 0.122. The van der Waals surface area contributed by atoms with E-state index in [0.29, 0.717) is 0 Å². The fraction of sp³-hybridized carbons (Fsp3) is 0.933. The van der Waals surface area contributed by atoms with Crippen LogP contribution in [0.2, 0.25) is 0 Å². The van der Waals surface area contributed by atoms with Gasteiger partial charge in [-0.25, -0.2) is 0 Å². The average molecular weight is 242 g/mol. The molecule has 0 spiro atoms. The molecule has 0 aliphatic heterocycles. The second kappa shape index (κ2) is 7.03. The summed E-state index contributed by atoms with van der Waals surface area (Å²) in [5.41, 5.74) is -0.712. The number of hydrogen-bond donors (Lipinski definition) is 1. The Hall–Kier alpha value is -0.530. The molecule has 0 heterocycles. The van der Waals surface area contributed by atoms with Gasteiger partial charge >= 0.3 is 5.97 Å². The molecule has 0 saturated heterocycles. The van der Waals surface area contributed by atoms with Crippen LogP contribution >= 0.6 is 0 Å². The van der Waals surface area contributed by atoms with Gasteiger partial charge in [0.05, 0.1) is 5.41 Å². The van der Waals surface area contributed by atoms with Gasteiger partial charge in [-0.1, -0.05) is 59.8 Å². The largest absolute Gasteiger partial charge is 0.481 e. The fourth-order valence-corrected chi connectivity index (χ4v) is 2.50. The van der Waals surface area contributed by atoms with Gasteiger partial charge in [0.25, 0.3) is 0 Å². The van der Waals surface area contributed by atoms with E-state index in [-0.39, 0.29) is 5.41 Å². The normalized spacial score (nSPS) is 15.6. The summed E-state index contributed by atoms with van der Waals surface area (Å²) in [7, 11) is 0. The van der Waals surface area contributed by atoms with Crippen LogP contribution in [0.15, 0.2) is 0 Å². The van der Waals surface area contributed by atoms with Crippen molar-refractivity contribution < 1.29 is 9.90 Å². The van der Waals surface area contributed by atoms with Crippen LogP contribution in [0, 0.1) is 10.8 Å². The zero-order valence-electron chi connectivity index (χ0n) is 12.3. The first-order valence-electron chi connectivity index (χ1n) is 7.05. The molecule has 0 aliphatic rings. The van der Waals surface area contributed by atoms with E-state index in [1.165, 1.54) is 19.3 Å². The maximum Gasteiger partial charge on any atom is 0.309 e. The van der Waals surface area contributed by atoms with Crippen molar-refractivity contribution in [3.63, 3.8) is 0 Å². The number of rotatable bonds is 9. The monoisotopic (exact) mass is 242 g/mol. The van der Waals surface area contributed by atoms with Crippen molar-refractivity contribution in [2.24, 2.45) is 10.8 Å². The molecule has 0 saturated carbocycles. The van der Waals surface area contributed by atoms with Gasteiger partial charge in [-0.05, 0) is 25.2 Å². The molecule has 0 amide bonds. The molecule has 1 unspecified atom stereocenters. The quantitative estimate of drug-likeness (QED) is 0.585. The smallest absolute Gasteiger partial charge is 0.309 e. The summed E-state index contributed by atoms with van der Waals surface area (Å²) in [5.74, 6) is -0.639. The van der Waals surface area contributed by atoms with Gasteiger partial charge in [0.2, 0.25) is 0 Å². The highest BCUT2D eigenvalue weighted by molar-refractivity contribution is 5.75. The van der Waals surface area contributed by atoms with E-state index in [1.54, 1.807) is 0 Å². The van der Waals surface area contributed by atoms with E-state index in [9.17, 15) is 9.90 Å². The van der Waals surface area contributed by atoms with Crippen LogP contribution in [-0.4, -0.2) is 11.1 Å². The van der Waals surface area contributed by atoms with Gasteiger partial charge in [0, 0.05) is 0 Å². The Morgan fingerprint density at radius 2 is 1.53 bits per heavy atom. The van der Waals surface area contributed by atoms with Gasteiger partial charge < -0.3 is 5.11 Å². The van der Waals surface area contributed by atoms with Crippen LogP contribution in [0.3, 0.4) is 0 Å². The topological polar surface area (TPSA) is 37.3 Å². The summed E-state index contributed by atoms with van der Waals surface area (Å²) in [4.78, 5) is 11.5. The first-order chi connectivity index (χ1) is 7.81. The van der Waals surface area contributed by atoms with Crippen molar-refractivity contribution in [2.75, 3.05) is 0 Å². The van der Waals surface area contributed by atoms with Crippen LogP contribution in [0.4, 0.5) is 0 Å². The maximum absolute atomic E-state index is 11.5. The molecule has 2 nitrogen and oxygen atoms in total. The molecule has 1 atom stereocenters. The van der Waals surface area contributed by atoms with E-state index < -0.39 is 11.4 Å². The predicted molar refractivity (Wildman–Crippen MR) is 73.2 cm³/mol. The third-order valence-electron chi connectivity index (χ3n) is 4.37. The number of carboxylic acid groups (broad SMARTS) is 1. The van der Waals surface area contributed by atoms with Crippen molar-refractivity contribution in [2.45, 2.75) is 79.6 Å². The zero-order chi connectivity index (χ0) is 13.5. The third kappa shape index (κ3) is 4.33. The van der Waals surface area contributed by atoms with Crippen LogP contribution in [-0.2, 0) is 4.79 Å². The van der Waals surface area contributed by atoms with Crippen molar-refractivity contribution >= 4 is 5.97 Å². The Labute approximate surface area is 107 Å². The molecular formula is C15H30O2. The van der Waals surface area contributed by atoms with E-state index in [0.717, 1.165) is 25.7 Å². The zero-order valence-corrected chi connectivity index (χ0v) is 12.3. The Bertz CT molecular complexity index is 233. The van der Waals surface area contributed by atoms with Gasteiger partial charge in [-0.2, -0.15) is 0 Å². The molecule has 0 aromatic heterocycles. The summed E-state index contributed by atoms with van der Waals surface area (Å²) in [6.07, 6.45) is 7.56. The summed E-state index contributed by atoms with van der Waals surface area (Å²) >= 11 is 0. The Morgan fingerprint density at radius 3 is 1.94 bits per heavy atom. The summed E-state index contributed by atoms with van der Waals surface area (Å²) in [5, 5.41) is 9.50. The number of aliphatic carboxylic acids is 1. The van der Waals surface area contributed by atoms with Gasteiger partial charge in [-0.15, -0.1) is 0 Å². The molecule has 0 aromatic rings. The molecule has 0 bridgehead atoms. The van der Waals surface area contributed by atoms with Crippen molar-refractivity contribution in [3.05, 3.63) is 0 Å². The first kappa shape index (κ1) is 16.5. The predicted octanol–water partition coefficient (Wildman–Crippen LogP) is 4.87. The number of hydrogen-bond acceptors (Lipinski definition) is 1. The molecule has 102 valence electrons. The van der Waals surface area contributed by atoms with Crippen LogP contribution in [0.5, 0.6) is 0 Å². The molecule has 1 N–H and O–H groups in total. The summed E-state index contributed by atoms with van der Waals surface area (Å²) in [6, 6.07) is 0. The SMILES string of the molecule is CCCCCCC(C)(C)C(C)(CCC)C(=O)O. The van der Waals surface area contributed by atoms with Crippen LogP contribution < -0.4 is 0 Å². The lowest BCUT2D eigenvalue weighted by atomic mass is 9.62. The Kier molecular flexibility index (Phi) is 6.81. The second-order valence-electron chi connectivity index (χ2n) is 6.08. The van der Waals surface area contributed by atoms with E-state index in [1.807, 2.05) is 6.92 Å². The van der Waals surface area contributed by atoms with Crippen molar-refractivity contribution in [1.29, 1.82) is 0 Å². The number of unbranched alkanes of at least 4 members (excludes halogenated alkanes) is 3. The molecule has 17 heavy (non-hydrogen) atoms. The van der Waals surface area contributed by atoms with Crippen molar-refractivity contribution in [3.8, 4) is 0 Å². The lowest BCUT2D eigenvalue weighted by Crippen LogP contribution is -2.42. The minimum atomic E-state index is -0.639. The average Bonchev–Trinajstić information content (AvgIpc) is 2.24. The summed E-state index contributed by atoms with van der Waals surface area (Å²) < 4.78 is 0. The molecule has 0 radical (unpaired) electrons. The highest BCUT2D eigenvalue weighted by atomic mass is 16.4. The minimum Gasteiger partial charge on any atom is -0.481 e. The lowest BCUT2D eigenvalue weighted by molar-refractivity contribution is -0.156. The molecule has 0 rings (SSSR count). The highest BCUT2D eigenvalue weighted by Gasteiger charge is 2.45. The molecule has 2 heteroatoms. The third-order valence-corrected chi connectivity index (χ3v) is 4.37. The lowest BCUT2D eigenvalue weighted by Gasteiger charge is -2.41. The van der Waals surface area contributed by atoms with E-state index in [2.05, 4.69) is 27.7 Å². The number of carbonyl (C=O) groups is 1. The second-order valence-corrected chi connectivity index (χ2v) is 6.08. The molecule has 0 aromatic carbocycles. The Balaban J connectivity index is 4.55. The van der Waals surface area contributed by atoms with Crippen molar-refractivity contribution in [1.82, 2.24) is 0 Å². The first-order valence-corrected chi connectivity index (χ1v) is 7.05. The molecular weight excluding hydrogens is 212 g/mol. The van der Waals surface area contributed by atoms with Gasteiger partial charge in [0.15, 0.2) is 0 Å². The standard InChI is InChI=1S/C15H30O2/c1-6-8-9-10-12-14(3,4)15(5,11-7-2)13(16)17/h6-12H2,1-5H3,(H,16,17). The van der Waals surface area contributed by atoms with Crippen LogP contribution in [0.25, 0.3) is 0 Å². The van der Waals surface area contributed by atoms with Gasteiger partial charge in [-0.3, -0.25) is 4.79 Å². The highest BCUT2D eigenvalue weighted by Crippen LogP contribution is 2.46. The van der Waals surface area contributed by atoms with Crippen LogP contribution in [0.1, 0.15) is 79.6 Å². The number of carboxylic acids is 1. The fourth-order valence-electron chi connectivity index (χ4n) is 2.50. The van der Waals surface area contributed by atoms with E-state index in [4.69, 9.17) is 0 Å².